The number of methoxy groups -OCH3 is 1. The topological polar surface area (TPSA) is 55.6 Å². The molecule has 2 heterocycles. The Balaban J connectivity index is 1.83. The summed E-state index contributed by atoms with van der Waals surface area (Å²) in [4.78, 5) is 16.9. The van der Waals surface area contributed by atoms with E-state index in [9.17, 15) is 4.79 Å². The molecule has 3 rings (SSSR count). The summed E-state index contributed by atoms with van der Waals surface area (Å²) in [5, 5.41) is 3.58. The molecule has 1 N–H and O–H groups in total. The van der Waals surface area contributed by atoms with E-state index in [0.717, 1.165) is 5.56 Å². The standard InChI is InChI=1S/C17H16ClN3O2/c1-11-16(21-8-7-14(23-2)9-15(21)20-11)17(22)19-10-12-3-5-13(18)6-4-12/h3-9H,10H2,1-2H3,(H,19,22). The lowest BCUT2D eigenvalue weighted by Gasteiger charge is -2.07. The molecule has 0 aliphatic rings. The van der Waals surface area contributed by atoms with Crippen LogP contribution in [-0.2, 0) is 6.54 Å². The predicted octanol–water partition coefficient (Wildman–Crippen LogP) is 3.23. The zero-order chi connectivity index (χ0) is 16.4. The lowest BCUT2D eigenvalue weighted by molar-refractivity contribution is 0.0944. The first-order valence-corrected chi connectivity index (χ1v) is 7.51. The molecule has 3 aromatic rings. The Hall–Kier alpha value is -2.53. The summed E-state index contributed by atoms with van der Waals surface area (Å²) in [6, 6.07) is 11.0. The van der Waals surface area contributed by atoms with Crippen molar-refractivity contribution in [3.63, 3.8) is 0 Å². The molecule has 118 valence electrons. The molecule has 0 atom stereocenters. The summed E-state index contributed by atoms with van der Waals surface area (Å²) in [5.74, 6) is 0.533. The summed E-state index contributed by atoms with van der Waals surface area (Å²) in [7, 11) is 1.60. The third kappa shape index (κ3) is 3.14. The Labute approximate surface area is 138 Å². The van der Waals surface area contributed by atoms with Crippen molar-refractivity contribution in [3.8, 4) is 5.75 Å². The van der Waals surface area contributed by atoms with Gasteiger partial charge < -0.3 is 10.1 Å². The fourth-order valence-electron chi connectivity index (χ4n) is 2.41. The number of fused-ring (bicyclic) bond motifs is 1. The molecule has 6 heteroatoms. The number of nitrogens with zero attached hydrogens (tertiary/aromatic N) is 2. The van der Waals surface area contributed by atoms with E-state index in [2.05, 4.69) is 10.3 Å². The molecule has 0 spiro atoms. The van der Waals surface area contributed by atoms with Crippen LogP contribution in [-0.4, -0.2) is 22.4 Å². The number of nitrogens with one attached hydrogen (secondary N) is 1. The number of aromatic nitrogens is 2. The molecule has 0 unspecified atom stereocenters. The molecule has 0 aliphatic carbocycles. The fraction of sp³-hybridized carbons (Fsp3) is 0.176. The number of benzene rings is 1. The van der Waals surface area contributed by atoms with Crippen LogP contribution in [0.1, 0.15) is 21.7 Å². The average molecular weight is 330 g/mol. The predicted molar refractivity (Wildman–Crippen MR) is 89.1 cm³/mol. The number of ether oxygens (including phenoxy) is 1. The van der Waals surface area contributed by atoms with Crippen molar-refractivity contribution in [1.82, 2.24) is 14.7 Å². The second kappa shape index (κ2) is 6.30. The van der Waals surface area contributed by atoms with Gasteiger partial charge >= 0.3 is 0 Å². The minimum atomic E-state index is -0.171. The number of amides is 1. The van der Waals surface area contributed by atoms with E-state index in [-0.39, 0.29) is 5.91 Å². The van der Waals surface area contributed by atoms with Gasteiger partial charge in [-0.15, -0.1) is 0 Å². The number of hydrogen-bond acceptors (Lipinski definition) is 3. The quantitative estimate of drug-likeness (QED) is 0.799. The number of carbonyl (C=O) groups excluding carboxylic acids is 1. The molecule has 1 aromatic carbocycles. The van der Waals surface area contributed by atoms with Crippen molar-refractivity contribution >= 4 is 23.2 Å². The first-order chi connectivity index (χ1) is 11.1. The third-order valence-corrected chi connectivity index (χ3v) is 3.84. The number of rotatable bonds is 4. The van der Waals surface area contributed by atoms with E-state index >= 15 is 0 Å². The molecule has 23 heavy (non-hydrogen) atoms. The second-order valence-corrected chi connectivity index (χ2v) is 5.59. The highest BCUT2D eigenvalue weighted by Gasteiger charge is 2.16. The van der Waals surface area contributed by atoms with Crippen LogP contribution in [0.5, 0.6) is 5.75 Å². The van der Waals surface area contributed by atoms with E-state index in [0.29, 0.717) is 34.4 Å². The fourth-order valence-corrected chi connectivity index (χ4v) is 2.54. The Bertz CT molecular complexity index is 856. The van der Waals surface area contributed by atoms with E-state index < -0.39 is 0 Å². The van der Waals surface area contributed by atoms with Gasteiger partial charge in [0.1, 0.15) is 17.1 Å². The summed E-state index contributed by atoms with van der Waals surface area (Å²) < 4.78 is 6.94. The van der Waals surface area contributed by atoms with E-state index in [4.69, 9.17) is 16.3 Å². The molecule has 0 saturated carbocycles. The van der Waals surface area contributed by atoms with Crippen LogP contribution < -0.4 is 10.1 Å². The Morgan fingerprint density at radius 1 is 1.30 bits per heavy atom. The lowest BCUT2D eigenvalue weighted by Crippen LogP contribution is -2.24. The maximum atomic E-state index is 12.5. The SMILES string of the molecule is COc1ccn2c(C(=O)NCc3ccc(Cl)cc3)c(C)nc2c1. The van der Waals surface area contributed by atoms with Crippen LogP contribution >= 0.6 is 11.6 Å². The van der Waals surface area contributed by atoms with Crippen molar-refractivity contribution in [2.24, 2.45) is 0 Å². The van der Waals surface area contributed by atoms with Crippen LogP contribution in [0, 0.1) is 6.92 Å². The Morgan fingerprint density at radius 3 is 2.74 bits per heavy atom. The molecule has 0 saturated heterocycles. The largest absolute Gasteiger partial charge is 0.497 e. The van der Waals surface area contributed by atoms with Crippen molar-refractivity contribution in [3.05, 3.63) is 64.6 Å². The van der Waals surface area contributed by atoms with Gasteiger partial charge in [0.15, 0.2) is 0 Å². The van der Waals surface area contributed by atoms with Crippen LogP contribution in [0.15, 0.2) is 42.6 Å². The first kappa shape index (κ1) is 15.4. The minimum absolute atomic E-state index is 0.171. The van der Waals surface area contributed by atoms with Gasteiger partial charge in [-0.2, -0.15) is 0 Å². The number of carbonyl (C=O) groups is 1. The lowest BCUT2D eigenvalue weighted by atomic mass is 10.2. The molecular weight excluding hydrogens is 314 g/mol. The number of halogens is 1. The normalized spacial score (nSPS) is 10.7. The van der Waals surface area contributed by atoms with Gasteiger partial charge in [0.2, 0.25) is 0 Å². The van der Waals surface area contributed by atoms with E-state index in [1.54, 1.807) is 42.0 Å². The van der Waals surface area contributed by atoms with Gasteiger partial charge in [-0.1, -0.05) is 23.7 Å². The van der Waals surface area contributed by atoms with Crippen LogP contribution in [0.25, 0.3) is 5.65 Å². The number of aryl methyl sites for hydroxylation is 1. The van der Waals surface area contributed by atoms with Crippen LogP contribution in [0.3, 0.4) is 0 Å². The molecular formula is C17H16ClN3O2. The number of hydrogen-bond donors (Lipinski definition) is 1. The second-order valence-electron chi connectivity index (χ2n) is 5.15. The molecule has 0 radical (unpaired) electrons. The van der Waals surface area contributed by atoms with E-state index in [1.165, 1.54) is 0 Å². The monoisotopic (exact) mass is 329 g/mol. The number of imidazole rings is 1. The highest BCUT2D eigenvalue weighted by Crippen LogP contribution is 2.18. The summed E-state index contributed by atoms with van der Waals surface area (Å²) in [6.07, 6.45) is 1.78. The average Bonchev–Trinajstić information content (AvgIpc) is 2.88. The van der Waals surface area contributed by atoms with Crippen molar-refractivity contribution in [2.45, 2.75) is 13.5 Å². The summed E-state index contributed by atoms with van der Waals surface area (Å²) >= 11 is 5.86. The van der Waals surface area contributed by atoms with Crippen molar-refractivity contribution in [2.75, 3.05) is 7.11 Å². The highest BCUT2D eigenvalue weighted by molar-refractivity contribution is 6.30. The van der Waals surface area contributed by atoms with Gasteiger partial charge in [0.05, 0.1) is 12.8 Å². The smallest absolute Gasteiger partial charge is 0.270 e. The highest BCUT2D eigenvalue weighted by atomic mass is 35.5. The molecule has 0 aliphatic heterocycles. The molecule has 0 bridgehead atoms. The zero-order valence-corrected chi connectivity index (χ0v) is 13.6. The molecule has 1 amide bonds. The minimum Gasteiger partial charge on any atom is -0.497 e. The Kier molecular flexibility index (Phi) is 4.21. The van der Waals surface area contributed by atoms with Crippen LogP contribution in [0.2, 0.25) is 5.02 Å². The third-order valence-electron chi connectivity index (χ3n) is 3.59. The van der Waals surface area contributed by atoms with E-state index in [1.807, 2.05) is 19.1 Å². The van der Waals surface area contributed by atoms with Gasteiger partial charge in [0.25, 0.3) is 5.91 Å². The molecule has 5 nitrogen and oxygen atoms in total. The van der Waals surface area contributed by atoms with Gasteiger partial charge in [-0.05, 0) is 30.7 Å². The van der Waals surface area contributed by atoms with Gasteiger partial charge in [0, 0.05) is 23.8 Å². The summed E-state index contributed by atoms with van der Waals surface area (Å²) in [5.41, 5.74) is 2.86. The van der Waals surface area contributed by atoms with Gasteiger partial charge in [-0.25, -0.2) is 4.98 Å². The maximum Gasteiger partial charge on any atom is 0.270 e. The maximum absolute atomic E-state index is 12.5. The molecule has 2 aromatic heterocycles. The number of pyridine rings is 1. The zero-order valence-electron chi connectivity index (χ0n) is 12.8. The Morgan fingerprint density at radius 2 is 2.04 bits per heavy atom. The van der Waals surface area contributed by atoms with Crippen LogP contribution in [0.4, 0.5) is 0 Å². The molecule has 0 fully saturated rings. The van der Waals surface area contributed by atoms with Crippen molar-refractivity contribution < 1.29 is 9.53 Å². The first-order valence-electron chi connectivity index (χ1n) is 7.14. The van der Waals surface area contributed by atoms with Gasteiger partial charge in [-0.3, -0.25) is 9.20 Å². The summed E-state index contributed by atoms with van der Waals surface area (Å²) in [6.45, 7) is 2.25. The van der Waals surface area contributed by atoms with Crippen molar-refractivity contribution in [1.29, 1.82) is 0 Å².